The lowest BCUT2D eigenvalue weighted by Crippen LogP contribution is -2.37. The van der Waals surface area contributed by atoms with E-state index in [1.54, 1.807) is 36.4 Å². The minimum absolute atomic E-state index is 0.0577. The fraction of sp³-hybridized carbons (Fsp3) is 0.333. The second-order valence-corrected chi connectivity index (χ2v) is 7.58. The predicted octanol–water partition coefficient (Wildman–Crippen LogP) is 4.54. The number of hydrogen-bond donors (Lipinski definition) is 0. The van der Waals surface area contributed by atoms with Gasteiger partial charge < -0.3 is 9.80 Å². The van der Waals surface area contributed by atoms with Crippen LogP contribution >= 0.6 is 23.2 Å². The van der Waals surface area contributed by atoms with Gasteiger partial charge in [-0.1, -0.05) is 41.4 Å². The topological polar surface area (TPSA) is 40.6 Å². The number of rotatable bonds is 7. The largest absolute Gasteiger partial charge is 0.333 e. The van der Waals surface area contributed by atoms with Gasteiger partial charge in [-0.05, 0) is 55.8 Å². The van der Waals surface area contributed by atoms with Crippen LogP contribution in [0.2, 0.25) is 10.0 Å². The summed E-state index contributed by atoms with van der Waals surface area (Å²) in [6, 6.07) is 12.2. The van der Waals surface area contributed by atoms with Crippen LogP contribution in [0.4, 0.5) is 0 Å². The van der Waals surface area contributed by atoms with Gasteiger partial charge in [-0.15, -0.1) is 0 Å². The Labute approximate surface area is 169 Å². The summed E-state index contributed by atoms with van der Waals surface area (Å²) in [6.07, 6.45) is 3.21. The zero-order valence-electron chi connectivity index (χ0n) is 15.0. The molecule has 4 nitrogen and oxygen atoms in total. The van der Waals surface area contributed by atoms with Crippen molar-refractivity contribution in [3.05, 3.63) is 69.2 Å². The molecule has 0 aliphatic carbocycles. The van der Waals surface area contributed by atoms with Crippen molar-refractivity contribution in [3.63, 3.8) is 0 Å². The third-order valence-electron chi connectivity index (χ3n) is 4.82. The van der Waals surface area contributed by atoms with Gasteiger partial charge in [-0.25, -0.2) is 0 Å². The maximum Gasteiger partial charge on any atom is 0.254 e. The van der Waals surface area contributed by atoms with Crippen molar-refractivity contribution >= 4 is 35.4 Å². The number of aldehydes is 1. The van der Waals surface area contributed by atoms with Gasteiger partial charge in [0.05, 0.1) is 10.0 Å². The Bertz CT molecular complexity index is 802. The lowest BCUT2D eigenvalue weighted by atomic mass is 10.1. The van der Waals surface area contributed by atoms with Gasteiger partial charge in [0, 0.05) is 30.8 Å². The van der Waals surface area contributed by atoms with Crippen molar-refractivity contribution < 1.29 is 9.59 Å². The first-order valence-electron chi connectivity index (χ1n) is 9.07. The molecule has 0 spiro atoms. The lowest BCUT2D eigenvalue weighted by molar-refractivity contribution is 0.0727. The highest BCUT2D eigenvalue weighted by molar-refractivity contribution is 6.42. The van der Waals surface area contributed by atoms with Crippen molar-refractivity contribution in [1.82, 2.24) is 9.80 Å². The second kappa shape index (κ2) is 9.36. The highest BCUT2D eigenvalue weighted by atomic mass is 35.5. The summed E-state index contributed by atoms with van der Waals surface area (Å²) in [5, 5.41) is 0.983. The second-order valence-electron chi connectivity index (χ2n) is 6.76. The highest BCUT2D eigenvalue weighted by Crippen LogP contribution is 2.23. The molecule has 0 bridgehead atoms. The van der Waals surface area contributed by atoms with Gasteiger partial charge in [0.2, 0.25) is 0 Å². The fourth-order valence-corrected chi connectivity index (χ4v) is 3.59. The summed E-state index contributed by atoms with van der Waals surface area (Å²) in [6.45, 7) is 4.11. The van der Waals surface area contributed by atoms with Gasteiger partial charge in [-0.3, -0.25) is 9.59 Å². The predicted molar refractivity (Wildman–Crippen MR) is 109 cm³/mol. The standard InChI is InChI=1S/C21H22Cl2N2O2/c22-19-8-5-17(13-20(19)23)14-25(12-11-24-9-1-2-10-24)21(27)18-6-3-16(15-26)4-7-18/h3-8,13,15H,1-2,9-12,14H2. The number of amides is 1. The molecule has 0 radical (unpaired) electrons. The Kier molecular flexibility index (Phi) is 6.89. The SMILES string of the molecule is O=Cc1ccc(C(=O)N(CCN2CCCC2)Cc2ccc(Cl)c(Cl)c2)cc1. The molecule has 3 rings (SSSR count). The van der Waals surface area contributed by atoms with Crippen LogP contribution in [0, 0.1) is 0 Å². The Morgan fingerprint density at radius 3 is 2.37 bits per heavy atom. The molecular weight excluding hydrogens is 383 g/mol. The minimum Gasteiger partial charge on any atom is -0.333 e. The van der Waals surface area contributed by atoms with E-state index in [9.17, 15) is 9.59 Å². The van der Waals surface area contributed by atoms with Gasteiger partial charge in [0.1, 0.15) is 6.29 Å². The van der Waals surface area contributed by atoms with Crippen LogP contribution in [0.5, 0.6) is 0 Å². The molecule has 142 valence electrons. The quantitative estimate of drug-likeness (QED) is 0.635. The van der Waals surface area contributed by atoms with Crippen LogP contribution in [0.25, 0.3) is 0 Å². The Morgan fingerprint density at radius 2 is 1.74 bits per heavy atom. The first-order valence-corrected chi connectivity index (χ1v) is 9.83. The minimum atomic E-state index is -0.0577. The van der Waals surface area contributed by atoms with Crippen LogP contribution in [-0.4, -0.2) is 48.2 Å². The summed E-state index contributed by atoms with van der Waals surface area (Å²) in [5.74, 6) is -0.0577. The summed E-state index contributed by atoms with van der Waals surface area (Å²) in [5.41, 5.74) is 2.06. The highest BCUT2D eigenvalue weighted by Gasteiger charge is 2.19. The molecule has 1 aliphatic rings. The first kappa shape index (κ1) is 19.9. The molecule has 2 aromatic carbocycles. The van der Waals surface area contributed by atoms with E-state index in [-0.39, 0.29) is 5.91 Å². The third kappa shape index (κ3) is 5.32. The average molecular weight is 405 g/mol. The van der Waals surface area contributed by atoms with Crippen LogP contribution in [0.1, 0.15) is 39.1 Å². The zero-order chi connectivity index (χ0) is 19.2. The van der Waals surface area contributed by atoms with Crippen LogP contribution in [0.15, 0.2) is 42.5 Å². The summed E-state index contributed by atoms with van der Waals surface area (Å²) in [7, 11) is 0. The molecule has 6 heteroatoms. The Morgan fingerprint density at radius 1 is 1.04 bits per heavy atom. The van der Waals surface area contributed by atoms with Gasteiger partial charge >= 0.3 is 0 Å². The molecule has 1 heterocycles. The maximum atomic E-state index is 13.1. The maximum absolute atomic E-state index is 13.1. The van der Waals surface area contributed by atoms with Crippen LogP contribution in [-0.2, 0) is 6.54 Å². The molecule has 1 amide bonds. The molecular formula is C21H22Cl2N2O2. The van der Waals surface area contributed by atoms with E-state index in [1.807, 2.05) is 11.0 Å². The number of likely N-dealkylation sites (tertiary alicyclic amines) is 1. The van der Waals surface area contributed by atoms with Gasteiger partial charge in [0.25, 0.3) is 5.91 Å². The van der Waals surface area contributed by atoms with Gasteiger partial charge in [0.15, 0.2) is 0 Å². The number of nitrogens with zero attached hydrogens (tertiary/aromatic N) is 2. The Balaban J connectivity index is 1.77. The molecule has 0 unspecified atom stereocenters. The van der Waals surface area contributed by atoms with Crippen LogP contribution < -0.4 is 0 Å². The molecule has 0 N–H and O–H groups in total. The van der Waals surface area contributed by atoms with E-state index in [1.165, 1.54) is 12.8 Å². The zero-order valence-corrected chi connectivity index (χ0v) is 16.5. The lowest BCUT2D eigenvalue weighted by Gasteiger charge is -2.26. The van der Waals surface area contributed by atoms with Crippen LogP contribution in [0.3, 0.4) is 0 Å². The summed E-state index contributed by atoms with van der Waals surface area (Å²) < 4.78 is 0. The molecule has 1 aliphatic heterocycles. The number of hydrogen-bond acceptors (Lipinski definition) is 3. The molecule has 0 aromatic heterocycles. The number of carbonyl (C=O) groups is 2. The number of halogens is 2. The van der Waals surface area contributed by atoms with E-state index < -0.39 is 0 Å². The number of benzene rings is 2. The summed E-state index contributed by atoms with van der Waals surface area (Å²) >= 11 is 12.1. The number of carbonyl (C=O) groups excluding carboxylic acids is 2. The van der Waals surface area contributed by atoms with Gasteiger partial charge in [-0.2, -0.15) is 0 Å². The van der Waals surface area contributed by atoms with Crippen molar-refractivity contribution in [2.75, 3.05) is 26.2 Å². The van der Waals surface area contributed by atoms with E-state index >= 15 is 0 Å². The molecule has 1 saturated heterocycles. The third-order valence-corrected chi connectivity index (χ3v) is 5.56. The van der Waals surface area contributed by atoms with Crippen molar-refractivity contribution in [2.45, 2.75) is 19.4 Å². The molecule has 2 aromatic rings. The first-order chi connectivity index (χ1) is 13.1. The average Bonchev–Trinajstić information content (AvgIpc) is 3.21. The molecule has 1 fully saturated rings. The monoisotopic (exact) mass is 404 g/mol. The van der Waals surface area contributed by atoms with E-state index in [0.29, 0.717) is 34.3 Å². The van der Waals surface area contributed by atoms with Crippen molar-refractivity contribution in [3.8, 4) is 0 Å². The van der Waals surface area contributed by atoms with Crippen molar-refractivity contribution in [1.29, 1.82) is 0 Å². The van der Waals surface area contributed by atoms with E-state index in [2.05, 4.69) is 4.90 Å². The Hall–Kier alpha value is -1.88. The van der Waals surface area contributed by atoms with Crippen molar-refractivity contribution in [2.24, 2.45) is 0 Å². The molecule has 0 saturated carbocycles. The normalized spacial score (nSPS) is 14.3. The van der Waals surface area contributed by atoms with E-state index in [0.717, 1.165) is 31.5 Å². The summed E-state index contributed by atoms with van der Waals surface area (Å²) in [4.78, 5) is 28.1. The smallest absolute Gasteiger partial charge is 0.254 e. The molecule has 27 heavy (non-hydrogen) atoms. The van der Waals surface area contributed by atoms with E-state index in [4.69, 9.17) is 23.2 Å². The molecule has 0 atom stereocenters. The fourth-order valence-electron chi connectivity index (χ4n) is 3.27.